The zero-order valence-electron chi connectivity index (χ0n) is 10.6. The Hall–Kier alpha value is -2.42. The summed E-state index contributed by atoms with van der Waals surface area (Å²) in [6.07, 6.45) is 2.10. The van der Waals surface area contributed by atoms with Gasteiger partial charge in [-0.1, -0.05) is 12.1 Å². The molecule has 96 valence electrons. The molecule has 0 aromatic heterocycles. The first kappa shape index (κ1) is 11.7. The number of fused-ring (bicyclic) bond motifs is 1. The Bertz CT molecular complexity index is 627. The topological polar surface area (TPSA) is 38.7 Å². The van der Waals surface area contributed by atoms with Gasteiger partial charge in [-0.2, -0.15) is 0 Å². The van der Waals surface area contributed by atoms with Gasteiger partial charge in [0.25, 0.3) is 0 Å². The van der Waals surface area contributed by atoms with Crippen molar-refractivity contribution in [1.82, 2.24) is 0 Å². The van der Waals surface area contributed by atoms with Crippen molar-refractivity contribution in [3.63, 3.8) is 0 Å². The van der Waals surface area contributed by atoms with Gasteiger partial charge in [0.05, 0.1) is 7.11 Å². The molecule has 3 nitrogen and oxygen atoms in total. The summed E-state index contributed by atoms with van der Waals surface area (Å²) in [7, 11) is 1.64. The van der Waals surface area contributed by atoms with Gasteiger partial charge in [0.1, 0.15) is 23.9 Å². The summed E-state index contributed by atoms with van der Waals surface area (Å²) in [5.41, 5.74) is 3.19. The predicted molar refractivity (Wildman–Crippen MR) is 74.5 cm³/mol. The minimum absolute atomic E-state index is 0.270. The van der Waals surface area contributed by atoms with Crippen LogP contribution in [0.4, 0.5) is 0 Å². The van der Waals surface area contributed by atoms with Crippen molar-refractivity contribution >= 4 is 11.6 Å². The quantitative estimate of drug-likeness (QED) is 0.893. The fourth-order valence-corrected chi connectivity index (χ4v) is 2.11. The van der Waals surface area contributed by atoms with E-state index in [2.05, 4.69) is 6.08 Å². The lowest BCUT2D eigenvalue weighted by Gasteiger charge is -2.18. The monoisotopic (exact) mass is 254 g/mol. The van der Waals surface area contributed by atoms with E-state index in [9.17, 15) is 5.11 Å². The smallest absolute Gasteiger partial charge is 0.130 e. The third kappa shape index (κ3) is 2.27. The van der Waals surface area contributed by atoms with E-state index >= 15 is 0 Å². The highest BCUT2D eigenvalue weighted by molar-refractivity contribution is 5.85. The number of ether oxygens (including phenoxy) is 2. The molecule has 2 aromatic rings. The van der Waals surface area contributed by atoms with Crippen LogP contribution in [-0.2, 0) is 0 Å². The number of rotatable bonds is 2. The molecular weight excluding hydrogens is 240 g/mol. The lowest BCUT2D eigenvalue weighted by atomic mass is 10.0. The van der Waals surface area contributed by atoms with E-state index in [0.717, 1.165) is 28.2 Å². The number of phenols is 1. The molecule has 1 aliphatic heterocycles. The third-order valence-electron chi connectivity index (χ3n) is 3.17. The van der Waals surface area contributed by atoms with Crippen molar-refractivity contribution in [2.24, 2.45) is 0 Å². The van der Waals surface area contributed by atoms with Crippen LogP contribution in [-0.4, -0.2) is 18.8 Å². The molecular formula is C16H14O3. The van der Waals surface area contributed by atoms with Crippen molar-refractivity contribution in [3.8, 4) is 17.2 Å². The first-order chi connectivity index (χ1) is 9.26. The number of hydrogen-bond acceptors (Lipinski definition) is 3. The second kappa shape index (κ2) is 4.69. The SMILES string of the molecule is COc1ccc2c(c1)OCC(c1ccc(O)cc1)=C2. The van der Waals surface area contributed by atoms with Crippen LogP contribution in [0.15, 0.2) is 42.5 Å². The van der Waals surface area contributed by atoms with Gasteiger partial charge < -0.3 is 14.6 Å². The Morgan fingerprint density at radius 1 is 1.11 bits per heavy atom. The molecule has 0 saturated carbocycles. The molecule has 0 aliphatic carbocycles. The zero-order chi connectivity index (χ0) is 13.2. The van der Waals surface area contributed by atoms with Crippen LogP contribution >= 0.6 is 0 Å². The van der Waals surface area contributed by atoms with E-state index in [1.165, 1.54) is 0 Å². The van der Waals surface area contributed by atoms with Crippen molar-refractivity contribution in [1.29, 1.82) is 0 Å². The van der Waals surface area contributed by atoms with E-state index in [-0.39, 0.29) is 5.75 Å². The summed E-state index contributed by atoms with van der Waals surface area (Å²) in [5.74, 6) is 1.90. The van der Waals surface area contributed by atoms with E-state index in [0.29, 0.717) is 6.61 Å². The summed E-state index contributed by atoms with van der Waals surface area (Å²) in [6, 6.07) is 12.9. The molecule has 0 fully saturated rings. The predicted octanol–water partition coefficient (Wildman–Crippen LogP) is 3.33. The molecule has 0 unspecified atom stereocenters. The Morgan fingerprint density at radius 2 is 1.89 bits per heavy atom. The second-order valence-electron chi connectivity index (χ2n) is 4.41. The Labute approximate surface area is 111 Å². The van der Waals surface area contributed by atoms with Crippen LogP contribution < -0.4 is 9.47 Å². The summed E-state index contributed by atoms with van der Waals surface area (Å²) >= 11 is 0. The second-order valence-corrected chi connectivity index (χ2v) is 4.41. The van der Waals surface area contributed by atoms with Gasteiger partial charge in [0.2, 0.25) is 0 Å². The normalized spacial score (nSPS) is 13.2. The molecule has 1 heterocycles. The molecule has 2 aromatic carbocycles. The van der Waals surface area contributed by atoms with Crippen molar-refractivity contribution in [2.75, 3.05) is 13.7 Å². The van der Waals surface area contributed by atoms with Crippen LogP contribution in [0.3, 0.4) is 0 Å². The molecule has 19 heavy (non-hydrogen) atoms. The van der Waals surface area contributed by atoms with Crippen LogP contribution in [0.1, 0.15) is 11.1 Å². The van der Waals surface area contributed by atoms with E-state index < -0.39 is 0 Å². The highest BCUT2D eigenvalue weighted by Gasteiger charge is 2.13. The summed E-state index contributed by atoms with van der Waals surface area (Å²) in [4.78, 5) is 0. The highest BCUT2D eigenvalue weighted by atomic mass is 16.5. The molecule has 3 rings (SSSR count). The maximum atomic E-state index is 9.31. The number of methoxy groups -OCH3 is 1. The molecule has 0 radical (unpaired) electrons. The first-order valence-corrected chi connectivity index (χ1v) is 6.07. The van der Waals surface area contributed by atoms with Gasteiger partial charge in [0.15, 0.2) is 0 Å². The average Bonchev–Trinajstić information content (AvgIpc) is 2.47. The van der Waals surface area contributed by atoms with Gasteiger partial charge in [-0.25, -0.2) is 0 Å². The third-order valence-corrected chi connectivity index (χ3v) is 3.17. The maximum Gasteiger partial charge on any atom is 0.130 e. The van der Waals surface area contributed by atoms with Crippen molar-refractivity contribution < 1.29 is 14.6 Å². The van der Waals surface area contributed by atoms with Crippen molar-refractivity contribution in [3.05, 3.63) is 53.6 Å². The maximum absolute atomic E-state index is 9.31. The van der Waals surface area contributed by atoms with E-state index in [1.54, 1.807) is 19.2 Å². The number of aromatic hydroxyl groups is 1. The highest BCUT2D eigenvalue weighted by Crippen LogP contribution is 2.33. The molecule has 0 atom stereocenters. The molecule has 0 saturated heterocycles. The van der Waals surface area contributed by atoms with Gasteiger partial charge >= 0.3 is 0 Å². The van der Waals surface area contributed by atoms with E-state index in [1.807, 2.05) is 30.3 Å². The number of hydrogen-bond donors (Lipinski definition) is 1. The lowest BCUT2D eigenvalue weighted by Crippen LogP contribution is -2.06. The van der Waals surface area contributed by atoms with Crippen LogP contribution in [0.5, 0.6) is 17.2 Å². The number of benzene rings is 2. The molecule has 3 heteroatoms. The Balaban J connectivity index is 1.97. The number of phenolic OH excluding ortho intramolecular Hbond substituents is 1. The van der Waals surface area contributed by atoms with Gasteiger partial charge in [-0.3, -0.25) is 0 Å². The van der Waals surface area contributed by atoms with Gasteiger partial charge in [-0.15, -0.1) is 0 Å². The Kier molecular flexibility index (Phi) is 2.88. The standard InChI is InChI=1S/C16H14O3/c1-18-15-7-4-12-8-13(10-19-16(12)9-15)11-2-5-14(17)6-3-11/h2-9,17H,10H2,1H3. The minimum Gasteiger partial charge on any atom is -0.508 e. The summed E-state index contributed by atoms with van der Waals surface area (Å²) in [6.45, 7) is 0.519. The van der Waals surface area contributed by atoms with Gasteiger partial charge in [-0.05, 0) is 41.5 Å². The van der Waals surface area contributed by atoms with Crippen molar-refractivity contribution in [2.45, 2.75) is 0 Å². The Morgan fingerprint density at radius 3 is 2.63 bits per heavy atom. The summed E-state index contributed by atoms with van der Waals surface area (Å²) < 4.78 is 10.9. The van der Waals surface area contributed by atoms with Crippen LogP contribution in [0, 0.1) is 0 Å². The average molecular weight is 254 g/mol. The fourth-order valence-electron chi connectivity index (χ4n) is 2.11. The molecule has 1 N–H and O–H groups in total. The van der Waals surface area contributed by atoms with E-state index in [4.69, 9.17) is 9.47 Å². The largest absolute Gasteiger partial charge is 0.508 e. The fraction of sp³-hybridized carbons (Fsp3) is 0.125. The lowest BCUT2D eigenvalue weighted by molar-refractivity contribution is 0.359. The van der Waals surface area contributed by atoms with Crippen LogP contribution in [0.2, 0.25) is 0 Å². The molecule has 0 spiro atoms. The molecule has 0 amide bonds. The zero-order valence-corrected chi connectivity index (χ0v) is 10.6. The minimum atomic E-state index is 0.270. The van der Waals surface area contributed by atoms with Gasteiger partial charge in [0, 0.05) is 11.6 Å². The molecule has 0 bridgehead atoms. The summed E-state index contributed by atoms with van der Waals surface area (Å²) in [5, 5.41) is 9.31. The van der Waals surface area contributed by atoms with Crippen LogP contribution in [0.25, 0.3) is 11.6 Å². The first-order valence-electron chi connectivity index (χ1n) is 6.07. The molecule has 1 aliphatic rings.